The third-order valence-electron chi connectivity index (χ3n) is 3.82. The first-order valence-electron chi connectivity index (χ1n) is 8.49. The van der Waals surface area contributed by atoms with Crippen LogP contribution in [-0.4, -0.2) is 28.3 Å². The number of benzene rings is 1. The lowest BCUT2D eigenvalue weighted by molar-refractivity contribution is -0.143. The Kier molecular flexibility index (Phi) is 6.29. The summed E-state index contributed by atoms with van der Waals surface area (Å²) in [5.74, 6) is -0.472. The number of nitrogens with zero attached hydrogens (tertiary/aromatic N) is 2. The second kappa shape index (κ2) is 9.05. The van der Waals surface area contributed by atoms with E-state index >= 15 is 0 Å². The van der Waals surface area contributed by atoms with Crippen LogP contribution in [0.1, 0.15) is 17.0 Å². The number of ether oxygens (including phenoxy) is 1. The van der Waals surface area contributed by atoms with E-state index in [1.165, 1.54) is 18.4 Å². The molecule has 1 N–H and O–H groups in total. The van der Waals surface area contributed by atoms with Crippen molar-refractivity contribution in [1.29, 1.82) is 0 Å². The highest BCUT2D eigenvalue weighted by Crippen LogP contribution is 2.24. The number of para-hydroxylation sites is 1. The van der Waals surface area contributed by atoms with E-state index in [4.69, 9.17) is 20.8 Å². The molecule has 0 saturated carbocycles. The Morgan fingerprint density at radius 3 is 2.75 bits per heavy atom. The standard InChI is InChI=1S/C20H18ClN3O4/c1-14-17(20(21)24(23-14)15-6-3-2-4-7-15)9-10-19(26)28-13-18(25)22-12-16-8-5-11-27-16/h2-11H,12-13H2,1H3,(H,22,25)/b10-9+. The number of esters is 1. The first-order valence-corrected chi connectivity index (χ1v) is 8.87. The van der Waals surface area contributed by atoms with Gasteiger partial charge in [-0.25, -0.2) is 9.48 Å². The molecule has 3 aromatic rings. The van der Waals surface area contributed by atoms with Gasteiger partial charge in [-0.15, -0.1) is 0 Å². The van der Waals surface area contributed by atoms with Gasteiger partial charge >= 0.3 is 5.97 Å². The fourth-order valence-corrected chi connectivity index (χ4v) is 2.76. The summed E-state index contributed by atoms with van der Waals surface area (Å²) < 4.78 is 11.6. The summed E-state index contributed by atoms with van der Waals surface area (Å²) in [6.45, 7) is 1.63. The van der Waals surface area contributed by atoms with Gasteiger partial charge in [0.1, 0.15) is 10.9 Å². The summed E-state index contributed by atoms with van der Waals surface area (Å²) >= 11 is 6.39. The number of hydrogen-bond donors (Lipinski definition) is 1. The number of furan rings is 1. The molecule has 2 aromatic heterocycles. The number of carbonyl (C=O) groups is 2. The molecule has 28 heavy (non-hydrogen) atoms. The maximum Gasteiger partial charge on any atom is 0.331 e. The zero-order chi connectivity index (χ0) is 19.9. The maximum atomic E-state index is 11.9. The minimum atomic E-state index is -0.656. The molecule has 2 heterocycles. The zero-order valence-corrected chi connectivity index (χ0v) is 15.8. The summed E-state index contributed by atoms with van der Waals surface area (Å²) in [6, 6.07) is 12.9. The molecule has 8 heteroatoms. The number of aryl methyl sites for hydroxylation is 1. The van der Waals surface area contributed by atoms with E-state index in [2.05, 4.69) is 10.4 Å². The van der Waals surface area contributed by atoms with E-state index in [0.717, 1.165) is 5.69 Å². The Balaban J connectivity index is 1.55. The van der Waals surface area contributed by atoms with E-state index in [-0.39, 0.29) is 13.2 Å². The van der Waals surface area contributed by atoms with Crippen LogP contribution in [-0.2, 0) is 20.9 Å². The Hall–Kier alpha value is -3.32. The van der Waals surface area contributed by atoms with Crippen molar-refractivity contribution in [3.8, 4) is 5.69 Å². The van der Waals surface area contributed by atoms with E-state index in [0.29, 0.717) is 22.2 Å². The van der Waals surface area contributed by atoms with Crippen LogP contribution in [0.5, 0.6) is 0 Å². The number of rotatable bonds is 7. The van der Waals surface area contributed by atoms with Crippen LogP contribution in [0, 0.1) is 6.92 Å². The van der Waals surface area contributed by atoms with Gasteiger partial charge in [-0.1, -0.05) is 29.8 Å². The van der Waals surface area contributed by atoms with E-state index in [1.807, 2.05) is 30.3 Å². The molecule has 1 amide bonds. The summed E-state index contributed by atoms with van der Waals surface area (Å²) in [5.41, 5.74) is 2.07. The fraction of sp³-hybridized carbons (Fsp3) is 0.150. The minimum Gasteiger partial charge on any atom is -0.467 e. The predicted octanol–water partition coefficient (Wildman–Crippen LogP) is 3.30. The molecular formula is C20H18ClN3O4. The van der Waals surface area contributed by atoms with E-state index < -0.39 is 11.9 Å². The average molecular weight is 400 g/mol. The van der Waals surface area contributed by atoms with Crippen LogP contribution in [0.4, 0.5) is 0 Å². The lowest BCUT2D eigenvalue weighted by Crippen LogP contribution is -2.27. The van der Waals surface area contributed by atoms with Gasteiger partial charge in [0.25, 0.3) is 5.91 Å². The monoisotopic (exact) mass is 399 g/mol. The molecule has 0 aliphatic rings. The largest absolute Gasteiger partial charge is 0.467 e. The quantitative estimate of drug-likeness (QED) is 0.486. The smallest absolute Gasteiger partial charge is 0.331 e. The molecule has 0 saturated heterocycles. The average Bonchev–Trinajstić information content (AvgIpc) is 3.32. The van der Waals surface area contributed by atoms with Crippen LogP contribution >= 0.6 is 11.6 Å². The summed E-state index contributed by atoms with van der Waals surface area (Å²) in [5, 5.41) is 7.35. The maximum absolute atomic E-state index is 11.9. The number of carbonyl (C=O) groups excluding carboxylic acids is 2. The fourth-order valence-electron chi connectivity index (χ4n) is 2.43. The van der Waals surface area contributed by atoms with Gasteiger partial charge in [-0.05, 0) is 37.3 Å². The van der Waals surface area contributed by atoms with Crippen LogP contribution < -0.4 is 5.32 Å². The Bertz CT molecular complexity index is 979. The molecule has 0 radical (unpaired) electrons. The zero-order valence-electron chi connectivity index (χ0n) is 15.1. The van der Waals surface area contributed by atoms with Gasteiger partial charge in [0.05, 0.1) is 24.2 Å². The van der Waals surface area contributed by atoms with Crippen molar-refractivity contribution in [3.05, 3.63) is 77.0 Å². The van der Waals surface area contributed by atoms with Crippen LogP contribution in [0.2, 0.25) is 5.15 Å². The normalized spacial score (nSPS) is 10.9. The van der Waals surface area contributed by atoms with Gasteiger partial charge in [-0.2, -0.15) is 5.10 Å². The number of amides is 1. The first kappa shape index (κ1) is 19.4. The van der Waals surface area contributed by atoms with Gasteiger partial charge < -0.3 is 14.5 Å². The molecule has 0 unspecified atom stereocenters. The molecule has 3 rings (SSSR count). The van der Waals surface area contributed by atoms with E-state index in [1.54, 1.807) is 23.7 Å². The number of hydrogen-bond acceptors (Lipinski definition) is 5. The summed E-state index contributed by atoms with van der Waals surface area (Å²) in [4.78, 5) is 23.6. The summed E-state index contributed by atoms with van der Waals surface area (Å²) in [7, 11) is 0. The van der Waals surface area contributed by atoms with Gasteiger partial charge in [0.15, 0.2) is 6.61 Å². The second-order valence-electron chi connectivity index (χ2n) is 5.83. The second-order valence-corrected chi connectivity index (χ2v) is 6.19. The van der Waals surface area contributed by atoms with Crippen LogP contribution in [0.3, 0.4) is 0 Å². The van der Waals surface area contributed by atoms with Crippen molar-refractivity contribution < 1.29 is 18.7 Å². The molecule has 0 atom stereocenters. The molecule has 144 valence electrons. The van der Waals surface area contributed by atoms with Gasteiger partial charge in [0.2, 0.25) is 0 Å². The lowest BCUT2D eigenvalue weighted by Gasteiger charge is -2.03. The third kappa shape index (κ3) is 4.89. The van der Waals surface area contributed by atoms with Crippen molar-refractivity contribution in [2.75, 3.05) is 6.61 Å². The van der Waals surface area contributed by atoms with Crippen LogP contribution in [0.25, 0.3) is 11.8 Å². The molecular weight excluding hydrogens is 382 g/mol. The predicted molar refractivity (Wildman–Crippen MR) is 104 cm³/mol. The molecule has 0 spiro atoms. The highest BCUT2D eigenvalue weighted by Gasteiger charge is 2.13. The lowest BCUT2D eigenvalue weighted by atomic mass is 10.2. The highest BCUT2D eigenvalue weighted by atomic mass is 35.5. The molecule has 0 aliphatic heterocycles. The molecule has 0 aliphatic carbocycles. The van der Waals surface area contributed by atoms with Crippen molar-refractivity contribution in [2.24, 2.45) is 0 Å². The first-order chi connectivity index (χ1) is 13.5. The molecule has 1 aromatic carbocycles. The van der Waals surface area contributed by atoms with Crippen LogP contribution in [0.15, 0.2) is 59.2 Å². The number of aromatic nitrogens is 2. The Labute approximate surface area is 166 Å². The Morgan fingerprint density at radius 2 is 2.04 bits per heavy atom. The third-order valence-corrected chi connectivity index (χ3v) is 4.18. The Morgan fingerprint density at radius 1 is 1.25 bits per heavy atom. The van der Waals surface area contributed by atoms with Gasteiger partial charge in [0, 0.05) is 11.6 Å². The van der Waals surface area contributed by atoms with Gasteiger partial charge in [-0.3, -0.25) is 4.79 Å². The van der Waals surface area contributed by atoms with Crippen molar-refractivity contribution in [2.45, 2.75) is 13.5 Å². The summed E-state index contributed by atoms with van der Waals surface area (Å²) in [6.07, 6.45) is 4.25. The molecule has 0 fully saturated rings. The van der Waals surface area contributed by atoms with Crippen molar-refractivity contribution >= 4 is 29.6 Å². The van der Waals surface area contributed by atoms with Crippen molar-refractivity contribution in [1.82, 2.24) is 15.1 Å². The highest BCUT2D eigenvalue weighted by molar-refractivity contribution is 6.31. The molecule has 0 bridgehead atoms. The topological polar surface area (TPSA) is 86.4 Å². The van der Waals surface area contributed by atoms with E-state index in [9.17, 15) is 9.59 Å². The van der Waals surface area contributed by atoms with Crippen molar-refractivity contribution in [3.63, 3.8) is 0 Å². The number of halogens is 1. The molecule has 7 nitrogen and oxygen atoms in total. The SMILES string of the molecule is Cc1nn(-c2ccccc2)c(Cl)c1/C=C/C(=O)OCC(=O)NCc1ccco1. The number of nitrogens with one attached hydrogen (secondary N) is 1. The minimum absolute atomic E-state index is 0.229.